The van der Waals surface area contributed by atoms with E-state index in [2.05, 4.69) is 18.1 Å². The van der Waals surface area contributed by atoms with Crippen molar-refractivity contribution in [1.82, 2.24) is 10.1 Å². The molecule has 1 aliphatic rings. The first kappa shape index (κ1) is 9.74. The lowest BCUT2D eigenvalue weighted by molar-refractivity contribution is -0.124. The van der Waals surface area contributed by atoms with Crippen LogP contribution in [0, 0.1) is 0 Å². The van der Waals surface area contributed by atoms with Gasteiger partial charge in [-0.2, -0.15) is 0 Å². The molecule has 0 aromatic carbocycles. The van der Waals surface area contributed by atoms with Crippen molar-refractivity contribution in [2.24, 2.45) is 0 Å². The van der Waals surface area contributed by atoms with Crippen LogP contribution in [0.3, 0.4) is 0 Å². The third kappa shape index (κ3) is 1.70. The Bertz CT molecular complexity index is 176. The van der Waals surface area contributed by atoms with Gasteiger partial charge in [0.1, 0.15) is 5.78 Å². The minimum absolute atomic E-state index is 0.230. The maximum Gasteiger partial charge on any atom is 0.185 e. The number of ketones is 1. The van der Waals surface area contributed by atoms with Gasteiger partial charge in [0.2, 0.25) is 0 Å². The van der Waals surface area contributed by atoms with Crippen LogP contribution in [0.4, 0.5) is 0 Å². The van der Waals surface area contributed by atoms with E-state index in [0.29, 0.717) is 0 Å². The fourth-order valence-electron chi connectivity index (χ4n) is 1.78. The Morgan fingerprint density at radius 2 is 2.00 bits per heavy atom. The normalized spacial score (nSPS) is 23.8. The summed E-state index contributed by atoms with van der Waals surface area (Å²) in [5.74, 6) is 0.276. The fourth-order valence-corrected chi connectivity index (χ4v) is 1.78. The third-order valence-electron chi connectivity index (χ3n) is 2.99. The zero-order valence-electron chi connectivity index (χ0n) is 8.18. The molecule has 0 bridgehead atoms. The number of hydrogen-bond donors (Lipinski definition) is 1. The van der Waals surface area contributed by atoms with Gasteiger partial charge >= 0.3 is 0 Å². The summed E-state index contributed by atoms with van der Waals surface area (Å²) >= 11 is 0. The molecule has 0 saturated carbocycles. The number of piperidine rings is 1. The molecular formula is C8H17BN2O. The number of carbonyl (C=O) groups is 1. The van der Waals surface area contributed by atoms with Crippen LogP contribution in [0.2, 0.25) is 0 Å². The molecule has 1 aliphatic heterocycles. The third-order valence-corrected chi connectivity index (χ3v) is 2.99. The van der Waals surface area contributed by atoms with Gasteiger partial charge in [0.25, 0.3) is 0 Å². The predicted molar refractivity (Wildman–Crippen MR) is 51.8 cm³/mol. The first-order valence-corrected chi connectivity index (χ1v) is 4.49. The van der Waals surface area contributed by atoms with Gasteiger partial charge < -0.3 is 10.1 Å². The number of carbonyl (C=O) groups excluding carboxylic acids is 1. The Kier molecular flexibility index (Phi) is 2.91. The van der Waals surface area contributed by atoms with Crippen molar-refractivity contribution in [3.8, 4) is 0 Å². The number of nitrogens with zero attached hydrogens (tertiary/aromatic N) is 1. The van der Waals surface area contributed by atoms with E-state index >= 15 is 0 Å². The summed E-state index contributed by atoms with van der Waals surface area (Å²) in [4.78, 5) is 13.6. The van der Waals surface area contributed by atoms with Gasteiger partial charge in [0.15, 0.2) is 7.98 Å². The summed E-state index contributed by atoms with van der Waals surface area (Å²) < 4.78 is 0. The monoisotopic (exact) mass is 168 g/mol. The molecular weight excluding hydrogens is 151 g/mol. The van der Waals surface area contributed by atoms with Gasteiger partial charge in [0, 0.05) is 0 Å². The molecule has 1 N–H and O–H groups in total. The van der Waals surface area contributed by atoms with E-state index in [4.69, 9.17) is 0 Å². The van der Waals surface area contributed by atoms with E-state index in [9.17, 15) is 4.79 Å². The van der Waals surface area contributed by atoms with Crippen molar-refractivity contribution in [2.75, 3.05) is 20.1 Å². The zero-order chi connectivity index (χ0) is 9.19. The van der Waals surface area contributed by atoms with Crippen molar-refractivity contribution in [3.63, 3.8) is 0 Å². The number of Topliss-reactive ketones (excluding diaryl/α,β-unsaturated/α-hetero) is 1. The van der Waals surface area contributed by atoms with E-state index in [1.54, 1.807) is 6.92 Å². The smallest absolute Gasteiger partial charge is 0.185 e. The van der Waals surface area contributed by atoms with Crippen LogP contribution in [-0.2, 0) is 4.79 Å². The van der Waals surface area contributed by atoms with Gasteiger partial charge in [0.05, 0.1) is 5.54 Å². The zero-order valence-corrected chi connectivity index (χ0v) is 8.18. The molecule has 0 atom stereocenters. The molecule has 4 heteroatoms. The molecule has 12 heavy (non-hydrogen) atoms. The molecule has 0 spiro atoms. The maximum absolute atomic E-state index is 11.4. The first-order chi connectivity index (χ1) is 5.60. The minimum Gasteiger partial charge on any atom is -0.348 e. The quantitative estimate of drug-likeness (QED) is 0.546. The largest absolute Gasteiger partial charge is 0.348 e. The van der Waals surface area contributed by atoms with Gasteiger partial charge in [-0.25, -0.2) is 0 Å². The predicted octanol–water partition coefficient (Wildman–Crippen LogP) is -0.823. The molecule has 0 aromatic heterocycles. The summed E-state index contributed by atoms with van der Waals surface area (Å²) in [6.45, 7) is 3.71. The molecule has 0 aliphatic carbocycles. The second-order valence-electron chi connectivity index (χ2n) is 3.69. The molecule has 68 valence electrons. The number of likely N-dealkylation sites (N-methyl/N-ethyl adjacent to an activating group) is 1. The van der Waals surface area contributed by atoms with Crippen LogP contribution in [0.25, 0.3) is 0 Å². The first-order valence-electron chi connectivity index (χ1n) is 4.49. The van der Waals surface area contributed by atoms with Crippen molar-refractivity contribution in [1.29, 1.82) is 0 Å². The van der Waals surface area contributed by atoms with Gasteiger partial charge in [-0.1, -0.05) is 0 Å². The van der Waals surface area contributed by atoms with E-state index in [-0.39, 0.29) is 11.3 Å². The Morgan fingerprint density at radius 3 is 2.33 bits per heavy atom. The Labute approximate surface area is 74.9 Å². The molecule has 3 nitrogen and oxygen atoms in total. The Hall–Kier alpha value is -0.345. The Morgan fingerprint density at radius 1 is 1.50 bits per heavy atom. The summed E-state index contributed by atoms with van der Waals surface area (Å²) in [7, 11) is 3.98. The van der Waals surface area contributed by atoms with E-state index < -0.39 is 0 Å². The van der Waals surface area contributed by atoms with Crippen molar-refractivity contribution in [2.45, 2.75) is 25.3 Å². The standard InChI is InChI=1S/C8H17BN2O/c1-7(12)8(10-2)3-5-11(9)6-4-8/h10H,3-6,9H2,1-2H3. The molecule has 1 heterocycles. The second-order valence-corrected chi connectivity index (χ2v) is 3.69. The lowest BCUT2D eigenvalue weighted by Crippen LogP contribution is -2.56. The molecule has 0 aromatic rings. The topological polar surface area (TPSA) is 32.3 Å². The van der Waals surface area contributed by atoms with Crippen molar-refractivity contribution >= 4 is 13.8 Å². The summed E-state index contributed by atoms with van der Waals surface area (Å²) in [5.41, 5.74) is -0.230. The van der Waals surface area contributed by atoms with Crippen LogP contribution < -0.4 is 5.32 Å². The minimum atomic E-state index is -0.230. The average Bonchev–Trinajstić information content (AvgIpc) is 2.06. The highest BCUT2D eigenvalue weighted by atomic mass is 16.1. The van der Waals surface area contributed by atoms with Crippen LogP contribution >= 0.6 is 0 Å². The van der Waals surface area contributed by atoms with Crippen LogP contribution in [0.5, 0.6) is 0 Å². The maximum atomic E-state index is 11.4. The van der Waals surface area contributed by atoms with Crippen LogP contribution in [0.1, 0.15) is 19.8 Å². The molecule has 0 amide bonds. The van der Waals surface area contributed by atoms with E-state index in [0.717, 1.165) is 25.9 Å². The lowest BCUT2D eigenvalue weighted by atomic mass is 9.83. The highest BCUT2D eigenvalue weighted by Crippen LogP contribution is 2.21. The van der Waals surface area contributed by atoms with E-state index in [1.807, 2.05) is 7.05 Å². The molecule has 1 saturated heterocycles. The lowest BCUT2D eigenvalue weighted by Gasteiger charge is -2.38. The number of nitrogens with one attached hydrogen (secondary N) is 1. The Balaban J connectivity index is 2.63. The summed E-state index contributed by atoms with van der Waals surface area (Å²) in [6, 6.07) is 0. The molecule has 0 unspecified atom stereocenters. The summed E-state index contributed by atoms with van der Waals surface area (Å²) in [6.07, 6.45) is 1.88. The fraction of sp³-hybridized carbons (Fsp3) is 0.875. The van der Waals surface area contributed by atoms with Crippen LogP contribution in [0.15, 0.2) is 0 Å². The molecule has 1 rings (SSSR count). The summed E-state index contributed by atoms with van der Waals surface area (Å²) in [5, 5.41) is 3.16. The van der Waals surface area contributed by atoms with Gasteiger partial charge in [-0.05, 0) is 39.9 Å². The van der Waals surface area contributed by atoms with Gasteiger partial charge in [-0.15, -0.1) is 0 Å². The number of hydrogen-bond acceptors (Lipinski definition) is 3. The van der Waals surface area contributed by atoms with Crippen molar-refractivity contribution < 1.29 is 4.79 Å². The second kappa shape index (κ2) is 3.58. The molecule has 0 radical (unpaired) electrons. The molecule has 1 fully saturated rings. The highest BCUT2D eigenvalue weighted by Gasteiger charge is 2.35. The SMILES string of the molecule is BN1CCC(NC)(C(C)=O)CC1. The van der Waals surface area contributed by atoms with Gasteiger partial charge in [-0.3, -0.25) is 4.79 Å². The van der Waals surface area contributed by atoms with E-state index in [1.165, 1.54) is 0 Å². The highest BCUT2D eigenvalue weighted by molar-refractivity contribution is 6.04. The van der Waals surface area contributed by atoms with Crippen molar-refractivity contribution in [3.05, 3.63) is 0 Å². The average molecular weight is 168 g/mol. The number of rotatable bonds is 2. The van der Waals surface area contributed by atoms with Crippen LogP contribution in [-0.4, -0.2) is 44.3 Å².